The second-order valence-electron chi connectivity index (χ2n) is 6.76. The van der Waals surface area contributed by atoms with Crippen molar-refractivity contribution in [1.29, 1.82) is 0 Å². The van der Waals surface area contributed by atoms with Crippen LogP contribution in [0.5, 0.6) is 0 Å². The number of H-pyrrole nitrogens is 1. The maximum Gasteiger partial charge on any atom is 0.285 e. The molecule has 9 heteroatoms. The molecule has 0 aliphatic heterocycles. The third kappa shape index (κ3) is 2.68. The van der Waals surface area contributed by atoms with E-state index in [-0.39, 0.29) is 10.7 Å². The van der Waals surface area contributed by atoms with Crippen LogP contribution >= 0.6 is 0 Å². The molecule has 8 nitrogen and oxygen atoms in total. The first-order valence-corrected chi connectivity index (χ1v) is 9.90. The molecule has 26 heavy (non-hydrogen) atoms. The molecule has 1 aliphatic carbocycles. The van der Waals surface area contributed by atoms with Crippen molar-refractivity contribution in [2.45, 2.75) is 31.2 Å². The van der Waals surface area contributed by atoms with Crippen molar-refractivity contribution in [3.63, 3.8) is 0 Å². The van der Waals surface area contributed by atoms with Crippen LogP contribution in [0.25, 0.3) is 10.9 Å². The van der Waals surface area contributed by atoms with E-state index < -0.39 is 15.9 Å². The lowest BCUT2D eigenvalue weighted by atomic mass is 9.88. The minimum absolute atomic E-state index is 0.0424. The molecular weight excluding hydrogens is 354 g/mol. The normalized spacial score (nSPS) is 17.2. The highest BCUT2D eigenvalue weighted by Crippen LogP contribution is 2.27. The SMILES string of the molecule is CC1CCc2[nH]nc(C(=O)NS(=O)(=O)c3c4ccccc4nn3C)c2C1. The standard InChI is InChI=1S/C17H19N5O3S/c1-10-7-8-13-12(9-10)15(19-18-13)16(23)21-26(24,25)17-11-5-3-4-6-14(11)20-22(17)2/h3-6,10H,7-9H2,1-2H3,(H,18,19)(H,21,23). The summed E-state index contributed by atoms with van der Waals surface area (Å²) in [5.41, 5.74) is 2.43. The van der Waals surface area contributed by atoms with Crippen LogP contribution in [0.15, 0.2) is 29.3 Å². The Balaban J connectivity index is 1.69. The van der Waals surface area contributed by atoms with E-state index in [0.717, 1.165) is 24.1 Å². The number of carbonyl (C=O) groups excluding carboxylic acids is 1. The Kier molecular flexibility index (Phi) is 3.83. The summed E-state index contributed by atoms with van der Waals surface area (Å²) in [6, 6.07) is 6.90. The molecule has 1 unspecified atom stereocenters. The van der Waals surface area contributed by atoms with E-state index in [1.54, 1.807) is 24.3 Å². The molecule has 0 saturated heterocycles. The molecule has 0 fully saturated rings. The van der Waals surface area contributed by atoms with Crippen molar-refractivity contribution < 1.29 is 13.2 Å². The zero-order valence-corrected chi connectivity index (χ0v) is 15.3. The summed E-state index contributed by atoms with van der Waals surface area (Å²) < 4.78 is 29.1. The van der Waals surface area contributed by atoms with Gasteiger partial charge in [-0.2, -0.15) is 18.6 Å². The Morgan fingerprint density at radius 1 is 1.35 bits per heavy atom. The van der Waals surface area contributed by atoms with Crippen molar-refractivity contribution >= 4 is 26.8 Å². The molecule has 1 atom stereocenters. The van der Waals surface area contributed by atoms with Crippen LogP contribution in [0, 0.1) is 5.92 Å². The van der Waals surface area contributed by atoms with Crippen LogP contribution < -0.4 is 4.72 Å². The molecule has 1 aliphatic rings. The zero-order valence-electron chi connectivity index (χ0n) is 14.5. The van der Waals surface area contributed by atoms with Crippen LogP contribution in [-0.2, 0) is 29.9 Å². The van der Waals surface area contributed by atoms with E-state index in [1.807, 2.05) is 0 Å². The number of rotatable bonds is 3. The number of sulfonamides is 1. The van der Waals surface area contributed by atoms with Crippen LogP contribution in [0.1, 0.15) is 35.1 Å². The van der Waals surface area contributed by atoms with Crippen molar-refractivity contribution in [3.8, 4) is 0 Å². The third-order valence-corrected chi connectivity index (χ3v) is 6.22. The van der Waals surface area contributed by atoms with E-state index in [9.17, 15) is 13.2 Å². The fourth-order valence-electron chi connectivity index (χ4n) is 3.52. The van der Waals surface area contributed by atoms with Gasteiger partial charge in [-0.1, -0.05) is 19.1 Å². The lowest BCUT2D eigenvalue weighted by Gasteiger charge is -2.18. The second kappa shape index (κ2) is 5.94. The summed E-state index contributed by atoms with van der Waals surface area (Å²) in [6.07, 6.45) is 2.55. The molecule has 1 aromatic carbocycles. The molecule has 3 aromatic rings. The summed E-state index contributed by atoms with van der Waals surface area (Å²) in [7, 11) is -2.55. The van der Waals surface area contributed by atoms with Gasteiger partial charge in [0.1, 0.15) is 0 Å². The van der Waals surface area contributed by atoms with Gasteiger partial charge in [0.05, 0.1) is 5.52 Å². The summed E-state index contributed by atoms with van der Waals surface area (Å²) in [5, 5.41) is 11.5. The number of hydrogen-bond donors (Lipinski definition) is 2. The van der Waals surface area contributed by atoms with Gasteiger partial charge in [0.25, 0.3) is 15.9 Å². The van der Waals surface area contributed by atoms with Gasteiger partial charge < -0.3 is 0 Å². The van der Waals surface area contributed by atoms with E-state index in [2.05, 4.69) is 26.9 Å². The minimum Gasteiger partial charge on any atom is -0.281 e. The zero-order chi connectivity index (χ0) is 18.5. The van der Waals surface area contributed by atoms with E-state index in [0.29, 0.717) is 23.2 Å². The largest absolute Gasteiger partial charge is 0.285 e. The molecule has 136 valence electrons. The number of fused-ring (bicyclic) bond motifs is 2. The van der Waals surface area contributed by atoms with E-state index in [4.69, 9.17) is 0 Å². The average molecular weight is 373 g/mol. The lowest BCUT2D eigenvalue weighted by Crippen LogP contribution is -2.33. The van der Waals surface area contributed by atoms with Gasteiger partial charge in [-0.25, -0.2) is 4.72 Å². The first-order valence-electron chi connectivity index (χ1n) is 8.42. The molecule has 0 saturated carbocycles. The van der Waals surface area contributed by atoms with E-state index in [1.165, 1.54) is 11.7 Å². The Hall–Kier alpha value is -2.68. The van der Waals surface area contributed by atoms with Crippen molar-refractivity contribution in [2.24, 2.45) is 13.0 Å². The van der Waals surface area contributed by atoms with Crippen LogP contribution in [-0.4, -0.2) is 34.3 Å². The van der Waals surface area contributed by atoms with Gasteiger partial charge in [-0.3, -0.25) is 14.6 Å². The quantitative estimate of drug-likeness (QED) is 0.724. The number of benzene rings is 1. The molecule has 1 amide bonds. The van der Waals surface area contributed by atoms with Crippen LogP contribution in [0.4, 0.5) is 0 Å². The van der Waals surface area contributed by atoms with Gasteiger partial charge >= 0.3 is 0 Å². The topological polar surface area (TPSA) is 110 Å². The predicted molar refractivity (Wildman–Crippen MR) is 95.1 cm³/mol. The molecule has 4 rings (SSSR count). The summed E-state index contributed by atoms with van der Waals surface area (Å²) in [6.45, 7) is 2.11. The van der Waals surface area contributed by atoms with Gasteiger partial charge in [0.15, 0.2) is 10.7 Å². The molecule has 0 bridgehead atoms. The summed E-state index contributed by atoms with van der Waals surface area (Å²) in [5.74, 6) is -0.286. The highest BCUT2D eigenvalue weighted by atomic mass is 32.2. The van der Waals surface area contributed by atoms with Crippen LogP contribution in [0.2, 0.25) is 0 Å². The highest BCUT2D eigenvalue weighted by molar-refractivity contribution is 7.90. The molecule has 0 radical (unpaired) electrons. The number of aromatic amines is 1. The molecule has 2 heterocycles. The first kappa shape index (κ1) is 16.8. The lowest BCUT2D eigenvalue weighted by molar-refractivity contribution is 0.0975. The highest BCUT2D eigenvalue weighted by Gasteiger charge is 2.30. The fraction of sp³-hybridized carbons (Fsp3) is 0.353. The first-order chi connectivity index (χ1) is 12.4. The maximum atomic E-state index is 12.8. The summed E-state index contributed by atoms with van der Waals surface area (Å²) in [4.78, 5) is 12.6. The Morgan fingerprint density at radius 3 is 2.92 bits per heavy atom. The number of hydrogen-bond acceptors (Lipinski definition) is 5. The number of carbonyl (C=O) groups is 1. The van der Waals surface area contributed by atoms with Gasteiger partial charge in [0.2, 0.25) is 0 Å². The Morgan fingerprint density at radius 2 is 2.12 bits per heavy atom. The fourth-order valence-corrected chi connectivity index (χ4v) is 4.81. The number of aromatic nitrogens is 4. The van der Waals surface area contributed by atoms with Crippen molar-refractivity contribution in [2.75, 3.05) is 0 Å². The second-order valence-corrected chi connectivity index (χ2v) is 8.36. The Labute approximate surface area is 150 Å². The predicted octanol–water partition coefficient (Wildman–Crippen LogP) is 1.54. The average Bonchev–Trinajstić information content (AvgIpc) is 3.13. The Bertz CT molecular complexity index is 1110. The van der Waals surface area contributed by atoms with Gasteiger partial charge in [0, 0.05) is 23.7 Å². The van der Waals surface area contributed by atoms with Crippen LogP contribution in [0.3, 0.4) is 0 Å². The summed E-state index contributed by atoms with van der Waals surface area (Å²) >= 11 is 0. The number of nitrogens with zero attached hydrogens (tertiary/aromatic N) is 3. The molecular formula is C17H19N5O3S. The minimum atomic E-state index is -4.09. The molecule has 0 spiro atoms. The maximum absolute atomic E-state index is 12.8. The number of aryl methyl sites for hydroxylation is 2. The number of nitrogens with one attached hydrogen (secondary N) is 2. The molecule has 2 N–H and O–H groups in total. The van der Waals surface area contributed by atoms with Crippen molar-refractivity contribution in [3.05, 3.63) is 41.2 Å². The number of amides is 1. The van der Waals surface area contributed by atoms with Gasteiger partial charge in [-0.15, -0.1) is 0 Å². The van der Waals surface area contributed by atoms with Crippen molar-refractivity contribution in [1.82, 2.24) is 24.7 Å². The van der Waals surface area contributed by atoms with Gasteiger partial charge in [-0.05, 0) is 37.3 Å². The smallest absolute Gasteiger partial charge is 0.281 e. The van der Waals surface area contributed by atoms with E-state index >= 15 is 0 Å². The molecule has 2 aromatic heterocycles. The monoisotopic (exact) mass is 373 g/mol. The third-order valence-electron chi connectivity index (χ3n) is 4.78.